The van der Waals surface area contributed by atoms with Gasteiger partial charge in [-0.2, -0.15) is 13.2 Å². The van der Waals surface area contributed by atoms with Gasteiger partial charge in [0.05, 0.1) is 11.4 Å². The third-order valence-corrected chi connectivity index (χ3v) is 6.18. The molecule has 28 heavy (non-hydrogen) atoms. The van der Waals surface area contributed by atoms with Crippen LogP contribution in [0.15, 0.2) is 63.3 Å². The van der Waals surface area contributed by atoms with Crippen molar-refractivity contribution in [2.45, 2.75) is 21.7 Å². The van der Waals surface area contributed by atoms with E-state index in [2.05, 4.69) is 4.99 Å². The van der Waals surface area contributed by atoms with Gasteiger partial charge in [0, 0.05) is 22.4 Å². The van der Waals surface area contributed by atoms with E-state index >= 15 is 0 Å². The number of thioether (sulfide) groups is 1. The first kappa shape index (κ1) is 20.7. The molecule has 1 aliphatic heterocycles. The number of benzene rings is 2. The molecule has 1 atom stereocenters. The van der Waals surface area contributed by atoms with E-state index in [4.69, 9.17) is 0 Å². The lowest BCUT2D eigenvalue weighted by atomic mass is 10.1. The van der Waals surface area contributed by atoms with Gasteiger partial charge in [0.25, 0.3) is 5.72 Å². The molecule has 0 spiro atoms. The molecule has 1 unspecified atom stereocenters. The Kier molecular flexibility index (Phi) is 5.24. The molecule has 0 saturated heterocycles. The topological polar surface area (TPSA) is 70.0 Å². The van der Waals surface area contributed by atoms with E-state index in [1.807, 2.05) is 6.26 Å². The second-order valence-electron chi connectivity index (χ2n) is 6.33. The van der Waals surface area contributed by atoms with Gasteiger partial charge in [0.15, 0.2) is 9.84 Å². The monoisotopic (exact) mass is 430 g/mol. The first-order valence-electron chi connectivity index (χ1n) is 8.06. The molecule has 0 bridgehead atoms. The van der Waals surface area contributed by atoms with E-state index in [9.17, 15) is 26.7 Å². The molecule has 0 aromatic heterocycles. The maximum atomic E-state index is 13.4. The highest BCUT2D eigenvalue weighted by Crippen LogP contribution is 2.39. The second-order valence-corrected chi connectivity index (χ2v) is 9.23. The molecule has 150 valence electrons. The summed E-state index contributed by atoms with van der Waals surface area (Å²) < 4.78 is 63.4. The lowest BCUT2D eigenvalue weighted by molar-refractivity contribution is -0.249. The standard InChI is InChI=1S/C18H17F3N2O3S2/c1-27-14-7-5-13(6-8-14)23-11-17(24,18(19,20)21)22-16(23)12-3-9-15(10-4-12)28(2,25)26/h3-10,24H,11H2,1-2H3. The predicted molar refractivity (Wildman–Crippen MR) is 103 cm³/mol. The minimum Gasteiger partial charge on any atom is -0.361 e. The molecule has 0 saturated carbocycles. The van der Waals surface area contributed by atoms with E-state index in [0.29, 0.717) is 5.69 Å². The first-order chi connectivity index (χ1) is 12.9. The number of anilines is 1. The third-order valence-electron chi connectivity index (χ3n) is 4.30. The van der Waals surface area contributed by atoms with Crippen LogP contribution in [0, 0.1) is 0 Å². The molecule has 2 aromatic rings. The van der Waals surface area contributed by atoms with Crippen LogP contribution in [-0.2, 0) is 9.84 Å². The number of β-amino-alcohol motifs (C(OH)–C–C–N with tert-alkyl or cyclic N) is 1. The van der Waals surface area contributed by atoms with Gasteiger partial charge >= 0.3 is 6.18 Å². The summed E-state index contributed by atoms with van der Waals surface area (Å²) in [7, 11) is -3.45. The number of alkyl halides is 3. The minimum absolute atomic E-state index is 0.0387. The summed E-state index contributed by atoms with van der Waals surface area (Å²) in [6, 6.07) is 12.2. The summed E-state index contributed by atoms with van der Waals surface area (Å²) in [5.41, 5.74) is -2.55. The minimum atomic E-state index is -4.96. The average molecular weight is 430 g/mol. The van der Waals surface area contributed by atoms with Gasteiger partial charge in [0.2, 0.25) is 0 Å². The third kappa shape index (κ3) is 3.89. The maximum Gasteiger partial charge on any atom is 0.440 e. The Balaban J connectivity index is 2.07. The molecule has 1 heterocycles. The quantitative estimate of drug-likeness (QED) is 0.754. The zero-order valence-corrected chi connectivity index (χ0v) is 16.6. The lowest BCUT2D eigenvalue weighted by Crippen LogP contribution is -2.47. The smallest absolute Gasteiger partial charge is 0.361 e. The molecule has 2 aromatic carbocycles. The Morgan fingerprint density at radius 3 is 2.14 bits per heavy atom. The summed E-state index contributed by atoms with van der Waals surface area (Å²) in [5.74, 6) is -0.0863. The van der Waals surface area contributed by atoms with Crippen LogP contribution >= 0.6 is 11.8 Å². The predicted octanol–water partition coefficient (Wildman–Crippen LogP) is 3.33. The Labute approximate surface area is 164 Å². The number of nitrogens with zero attached hydrogens (tertiary/aromatic N) is 2. The second kappa shape index (κ2) is 7.09. The number of halogens is 3. The number of rotatable bonds is 4. The van der Waals surface area contributed by atoms with Gasteiger partial charge in [-0.25, -0.2) is 13.4 Å². The lowest BCUT2D eigenvalue weighted by Gasteiger charge is -2.25. The Hall–Kier alpha value is -2.04. The van der Waals surface area contributed by atoms with Crippen LogP contribution in [0.5, 0.6) is 0 Å². The SMILES string of the molecule is CSc1ccc(N2CC(O)(C(F)(F)F)N=C2c2ccc(S(C)(=O)=O)cc2)cc1. The van der Waals surface area contributed by atoms with Crippen molar-refractivity contribution < 1.29 is 26.7 Å². The summed E-state index contributed by atoms with van der Waals surface area (Å²) in [5, 5.41) is 10.1. The van der Waals surface area contributed by atoms with Crippen molar-refractivity contribution in [3.8, 4) is 0 Å². The van der Waals surface area contributed by atoms with Crippen molar-refractivity contribution in [2.75, 3.05) is 24.0 Å². The molecular weight excluding hydrogens is 413 g/mol. The zero-order chi connectivity index (χ0) is 20.7. The van der Waals surface area contributed by atoms with E-state index in [-0.39, 0.29) is 16.3 Å². The van der Waals surface area contributed by atoms with Gasteiger partial charge in [-0.15, -0.1) is 11.8 Å². The number of hydrogen-bond acceptors (Lipinski definition) is 6. The first-order valence-corrected chi connectivity index (χ1v) is 11.2. The largest absolute Gasteiger partial charge is 0.440 e. The fourth-order valence-electron chi connectivity index (χ4n) is 2.77. The van der Waals surface area contributed by atoms with Crippen molar-refractivity contribution in [3.05, 3.63) is 54.1 Å². The van der Waals surface area contributed by atoms with E-state index in [1.54, 1.807) is 24.3 Å². The van der Waals surface area contributed by atoms with Crippen molar-refractivity contribution in [1.82, 2.24) is 0 Å². The molecule has 1 aliphatic rings. The highest BCUT2D eigenvalue weighted by molar-refractivity contribution is 7.98. The summed E-state index contributed by atoms with van der Waals surface area (Å²) >= 11 is 1.49. The summed E-state index contributed by atoms with van der Waals surface area (Å²) in [6.45, 7) is -0.793. The van der Waals surface area contributed by atoms with Gasteiger partial charge in [-0.1, -0.05) is 0 Å². The van der Waals surface area contributed by atoms with E-state index in [1.165, 1.54) is 40.9 Å². The number of amidine groups is 1. The van der Waals surface area contributed by atoms with Crippen molar-refractivity contribution in [3.63, 3.8) is 0 Å². The van der Waals surface area contributed by atoms with Gasteiger partial charge < -0.3 is 10.0 Å². The van der Waals surface area contributed by atoms with Gasteiger partial charge in [0.1, 0.15) is 5.84 Å². The fraction of sp³-hybridized carbons (Fsp3) is 0.278. The number of aliphatic hydroxyl groups is 1. The number of aliphatic imine (C=N–C) groups is 1. The van der Waals surface area contributed by atoms with Crippen LogP contribution < -0.4 is 4.90 Å². The van der Waals surface area contributed by atoms with Crippen LogP contribution in [0.1, 0.15) is 5.56 Å². The highest BCUT2D eigenvalue weighted by atomic mass is 32.2. The molecule has 0 aliphatic carbocycles. The summed E-state index contributed by atoms with van der Waals surface area (Å²) in [6.07, 6.45) is -2.04. The van der Waals surface area contributed by atoms with Crippen molar-refractivity contribution >= 4 is 33.1 Å². The van der Waals surface area contributed by atoms with Crippen LogP contribution in [0.2, 0.25) is 0 Å². The van der Waals surface area contributed by atoms with Crippen LogP contribution in [0.3, 0.4) is 0 Å². The highest BCUT2D eigenvalue weighted by Gasteiger charge is 2.58. The van der Waals surface area contributed by atoms with Crippen LogP contribution in [-0.4, -0.2) is 50.3 Å². The van der Waals surface area contributed by atoms with Crippen molar-refractivity contribution in [2.24, 2.45) is 4.99 Å². The molecule has 0 amide bonds. The number of hydrogen-bond donors (Lipinski definition) is 1. The van der Waals surface area contributed by atoms with Crippen LogP contribution in [0.4, 0.5) is 18.9 Å². The van der Waals surface area contributed by atoms with E-state index < -0.39 is 28.3 Å². The molecule has 3 rings (SSSR count). The summed E-state index contributed by atoms with van der Waals surface area (Å²) in [4.78, 5) is 5.82. The fourth-order valence-corrected chi connectivity index (χ4v) is 3.81. The maximum absolute atomic E-state index is 13.4. The zero-order valence-electron chi connectivity index (χ0n) is 14.9. The average Bonchev–Trinajstić information content (AvgIpc) is 3.00. The number of sulfone groups is 1. The van der Waals surface area contributed by atoms with Gasteiger partial charge in [-0.3, -0.25) is 0 Å². The molecule has 5 nitrogen and oxygen atoms in total. The Morgan fingerprint density at radius 2 is 1.68 bits per heavy atom. The molecule has 0 radical (unpaired) electrons. The van der Waals surface area contributed by atoms with Crippen molar-refractivity contribution in [1.29, 1.82) is 0 Å². The normalized spacial score (nSPS) is 20.4. The Bertz CT molecular complexity index is 1000. The molecule has 1 N–H and O–H groups in total. The Morgan fingerprint density at radius 1 is 1.11 bits per heavy atom. The van der Waals surface area contributed by atoms with Gasteiger partial charge in [-0.05, 0) is 54.8 Å². The molecular formula is C18H17F3N2O3S2. The molecule has 10 heteroatoms. The van der Waals surface area contributed by atoms with E-state index in [0.717, 1.165) is 11.2 Å². The van der Waals surface area contributed by atoms with Crippen LogP contribution in [0.25, 0.3) is 0 Å². The molecule has 0 fully saturated rings.